The highest BCUT2D eigenvalue weighted by molar-refractivity contribution is 7.89. The van der Waals surface area contributed by atoms with Crippen LogP contribution in [0.1, 0.15) is 11.1 Å². The Balaban J connectivity index is 2.25. The highest BCUT2D eigenvalue weighted by Crippen LogP contribution is 2.25. The number of benzene rings is 2. The summed E-state index contributed by atoms with van der Waals surface area (Å²) in [5.41, 5.74) is 7.62. The first kappa shape index (κ1) is 15.3. The Bertz CT molecular complexity index is 740. The molecule has 0 bridgehead atoms. The van der Waals surface area contributed by atoms with E-state index in [2.05, 4.69) is 0 Å². The maximum Gasteiger partial charge on any atom is 0.243 e. The van der Waals surface area contributed by atoms with Gasteiger partial charge >= 0.3 is 0 Å². The maximum atomic E-state index is 12.5. The largest absolute Gasteiger partial charge is 0.506 e. The summed E-state index contributed by atoms with van der Waals surface area (Å²) in [5, 5.41) is 9.38. The van der Waals surface area contributed by atoms with Crippen molar-refractivity contribution in [3.05, 3.63) is 53.6 Å². The second-order valence-electron chi connectivity index (χ2n) is 4.97. The molecule has 0 atom stereocenters. The molecule has 0 unspecified atom stereocenters. The molecule has 6 heteroatoms. The van der Waals surface area contributed by atoms with Crippen molar-refractivity contribution in [1.29, 1.82) is 0 Å². The maximum absolute atomic E-state index is 12.5. The van der Waals surface area contributed by atoms with Crippen LogP contribution in [0.5, 0.6) is 5.75 Å². The molecular weight excluding hydrogens is 288 g/mol. The second kappa shape index (κ2) is 5.75. The topological polar surface area (TPSA) is 83.6 Å². The number of anilines is 1. The predicted octanol–water partition coefficient (Wildman–Crippen LogP) is 2.10. The number of rotatable bonds is 4. The molecule has 0 aliphatic heterocycles. The summed E-state index contributed by atoms with van der Waals surface area (Å²) in [6.45, 7) is 2.24. The fraction of sp³-hybridized carbons (Fsp3) is 0.200. The lowest BCUT2D eigenvalue weighted by Crippen LogP contribution is -2.26. The Morgan fingerprint density at radius 2 is 1.76 bits per heavy atom. The van der Waals surface area contributed by atoms with Gasteiger partial charge in [-0.2, -0.15) is 4.31 Å². The Hall–Kier alpha value is -2.05. The highest BCUT2D eigenvalue weighted by atomic mass is 32.2. The Labute approximate surface area is 124 Å². The predicted molar refractivity (Wildman–Crippen MR) is 82.4 cm³/mol. The summed E-state index contributed by atoms with van der Waals surface area (Å²) >= 11 is 0. The minimum Gasteiger partial charge on any atom is -0.506 e. The molecule has 2 aromatic rings. The van der Waals surface area contributed by atoms with Crippen LogP contribution >= 0.6 is 0 Å². The van der Waals surface area contributed by atoms with Crippen LogP contribution in [0.3, 0.4) is 0 Å². The van der Waals surface area contributed by atoms with Crippen LogP contribution in [-0.2, 0) is 16.6 Å². The van der Waals surface area contributed by atoms with Crippen LogP contribution < -0.4 is 5.73 Å². The first-order valence-electron chi connectivity index (χ1n) is 6.41. The number of hydrogen-bond acceptors (Lipinski definition) is 4. The van der Waals surface area contributed by atoms with Gasteiger partial charge in [0.05, 0.1) is 10.6 Å². The van der Waals surface area contributed by atoms with Crippen LogP contribution in [0.25, 0.3) is 0 Å². The van der Waals surface area contributed by atoms with Crippen molar-refractivity contribution < 1.29 is 13.5 Å². The smallest absolute Gasteiger partial charge is 0.243 e. The monoisotopic (exact) mass is 306 g/mol. The number of nitrogen functional groups attached to an aromatic ring is 1. The van der Waals surface area contributed by atoms with E-state index >= 15 is 0 Å². The SMILES string of the molecule is Cc1ccc(CN(C)S(=O)(=O)c2ccc(O)c(N)c2)cc1. The van der Waals surface area contributed by atoms with E-state index in [-0.39, 0.29) is 22.9 Å². The molecule has 0 spiro atoms. The van der Waals surface area contributed by atoms with Gasteiger partial charge in [-0.3, -0.25) is 0 Å². The second-order valence-corrected chi connectivity index (χ2v) is 7.01. The number of aromatic hydroxyl groups is 1. The van der Waals surface area contributed by atoms with Crippen molar-refractivity contribution >= 4 is 15.7 Å². The zero-order valence-electron chi connectivity index (χ0n) is 11.9. The molecule has 0 amide bonds. The van der Waals surface area contributed by atoms with E-state index in [0.29, 0.717) is 0 Å². The molecule has 0 saturated heterocycles. The van der Waals surface area contributed by atoms with Crippen LogP contribution in [-0.4, -0.2) is 24.9 Å². The van der Waals surface area contributed by atoms with Gasteiger partial charge in [0.15, 0.2) is 0 Å². The average Bonchev–Trinajstić information content (AvgIpc) is 2.44. The van der Waals surface area contributed by atoms with Gasteiger partial charge in [0.25, 0.3) is 0 Å². The fourth-order valence-electron chi connectivity index (χ4n) is 1.91. The molecule has 0 fully saturated rings. The zero-order valence-corrected chi connectivity index (χ0v) is 12.8. The fourth-order valence-corrected chi connectivity index (χ4v) is 3.10. The molecule has 0 aromatic heterocycles. The summed E-state index contributed by atoms with van der Waals surface area (Å²) in [5.74, 6) is -0.130. The van der Waals surface area contributed by atoms with Gasteiger partial charge in [0.2, 0.25) is 10.0 Å². The van der Waals surface area contributed by atoms with Crippen LogP contribution in [0.15, 0.2) is 47.4 Å². The van der Waals surface area contributed by atoms with Crippen molar-refractivity contribution in [2.75, 3.05) is 12.8 Å². The lowest BCUT2D eigenvalue weighted by Gasteiger charge is -2.18. The summed E-state index contributed by atoms with van der Waals surface area (Å²) < 4.78 is 26.2. The van der Waals surface area contributed by atoms with Gasteiger partial charge in [0, 0.05) is 13.6 Å². The van der Waals surface area contributed by atoms with E-state index in [9.17, 15) is 13.5 Å². The number of nitrogens with two attached hydrogens (primary N) is 1. The van der Waals surface area contributed by atoms with Crippen LogP contribution in [0.2, 0.25) is 0 Å². The van der Waals surface area contributed by atoms with E-state index in [4.69, 9.17) is 5.73 Å². The molecule has 112 valence electrons. The quantitative estimate of drug-likeness (QED) is 0.669. The number of phenolic OH excluding ortho intramolecular Hbond substituents is 1. The third-order valence-electron chi connectivity index (χ3n) is 3.23. The van der Waals surface area contributed by atoms with E-state index in [1.807, 2.05) is 31.2 Å². The van der Waals surface area contributed by atoms with Gasteiger partial charge in [0.1, 0.15) is 5.75 Å². The number of aryl methyl sites for hydroxylation is 1. The van der Waals surface area contributed by atoms with Crippen molar-refractivity contribution in [3.63, 3.8) is 0 Å². The third kappa shape index (κ3) is 3.34. The molecule has 21 heavy (non-hydrogen) atoms. The van der Waals surface area contributed by atoms with E-state index < -0.39 is 10.0 Å². The van der Waals surface area contributed by atoms with Gasteiger partial charge in [-0.1, -0.05) is 29.8 Å². The molecule has 0 saturated carbocycles. The first-order valence-corrected chi connectivity index (χ1v) is 7.85. The van der Waals surface area contributed by atoms with Gasteiger partial charge < -0.3 is 10.8 Å². The van der Waals surface area contributed by atoms with Crippen molar-refractivity contribution in [3.8, 4) is 5.75 Å². The third-order valence-corrected chi connectivity index (χ3v) is 5.03. The van der Waals surface area contributed by atoms with Crippen molar-refractivity contribution in [1.82, 2.24) is 4.31 Å². The average molecular weight is 306 g/mol. The van der Waals surface area contributed by atoms with E-state index in [0.717, 1.165) is 11.1 Å². The van der Waals surface area contributed by atoms with Crippen LogP contribution in [0, 0.1) is 6.92 Å². The molecule has 0 heterocycles. The first-order chi connectivity index (χ1) is 9.80. The molecule has 0 radical (unpaired) electrons. The Kier molecular flexibility index (Phi) is 4.20. The minimum absolute atomic E-state index is 0.0415. The number of sulfonamides is 1. The highest BCUT2D eigenvalue weighted by Gasteiger charge is 2.21. The summed E-state index contributed by atoms with van der Waals surface area (Å²) in [6.07, 6.45) is 0. The summed E-state index contributed by atoms with van der Waals surface area (Å²) in [6, 6.07) is 11.5. The van der Waals surface area contributed by atoms with Gasteiger partial charge in [-0.15, -0.1) is 0 Å². The minimum atomic E-state index is -3.64. The molecule has 2 rings (SSSR count). The van der Waals surface area contributed by atoms with Crippen molar-refractivity contribution in [2.45, 2.75) is 18.4 Å². The number of nitrogens with zero attached hydrogens (tertiary/aromatic N) is 1. The van der Waals surface area contributed by atoms with E-state index in [1.54, 1.807) is 0 Å². The van der Waals surface area contributed by atoms with E-state index in [1.165, 1.54) is 29.6 Å². The molecule has 2 aromatic carbocycles. The Morgan fingerprint density at radius 1 is 1.14 bits per heavy atom. The van der Waals surface area contributed by atoms with Gasteiger partial charge in [-0.05, 0) is 30.7 Å². The number of phenols is 1. The molecular formula is C15H18N2O3S. The summed E-state index contributed by atoms with van der Waals surface area (Å²) in [7, 11) is -2.13. The Morgan fingerprint density at radius 3 is 2.33 bits per heavy atom. The van der Waals surface area contributed by atoms with Gasteiger partial charge in [-0.25, -0.2) is 8.42 Å². The lowest BCUT2D eigenvalue weighted by atomic mass is 10.1. The molecule has 5 nitrogen and oxygen atoms in total. The summed E-state index contributed by atoms with van der Waals surface area (Å²) in [4.78, 5) is 0.0624. The molecule has 3 N–H and O–H groups in total. The lowest BCUT2D eigenvalue weighted by molar-refractivity contribution is 0.465. The standard InChI is InChI=1S/C15H18N2O3S/c1-11-3-5-12(6-4-11)10-17(2)21(19,20)13-7-8-15(18)14(16)9-13/h3-9,18H,10,16H2,1-2H3. The number of hydrogen-bond donors (Lipinski definition) is 2. The zero-order chi connectivity index (χ0) is 15.6. The molecule has 0 aliphatic rings. The van der Waals surface area contributed by atoms with Crippen molar-refractivity contribution in [2.24, 2.45) is 0 Å². The van der Waals surface area contributed by atoms with Crippen LogP contribution in [0.4, 0.5) is 5.69 Å². The normalized spacial score (nSPS) is 11.8. The molecule has 0 aliphatic carbocycles.